The lowest BCUT2D eigenvalue weighted by atomic mass is 9.78. The number of nitrogens with zero attached hydrogens (tertiary/aromatic N) is 1. The molecule has 2 aromatic carbocycles. The molecule has 4 nitrogen and oxygen atoms in total. The number of hydrogen-bond acceptors (Lipinski definition) is 3. The monoisotopic (exact) mass is 323 g/mol. The average molecular weight is 323 g/mol. The molecule has 2 unspecified atom stereocenters. The summed E-state index contributed by atoms with van der Waals surface area (Å²) < 4.78 is 4.99. The van der Waals surface area contributed by atoms with Crippen LogP contribution in [0.1, 0.15) is 36.6 Å². The first-order valence-corrected chi connectivity index (χ1v) is 8.19. The van der Waals surface area contributed by atoms with E-state index in [1.807, 2.05) is 67.6 Å². The second-order valence-electron chi connectivity index (χ2n) is 5.95. The van der Waals surface area contributed by atoms with Crippen LogP contribution in [0.2, 0.25) is 0 Å². The minimum absolute atomic E-state index is 0.00519. The van der Waals surface area contributed by atoms with Gasteiger partial charge in [0.2, 0.25) is 5.91 Å². The van der Waals surface area contributed by atoms with Crippen molar-refractivity contribution in [2.75, 3.05) is 7.11 Å². The van der Waals surface area contributed by atoms with E-state index in [1.54, 1.807) is 4.90 Å². The normalized spacial score (nSPS) is 21.1. The molecule has 1 fully saturated rings. The molecule has 0 spiro atoms. The molecule has 1 saturated heterocycles. The molecule has 1 amide bonds. The van der Waals surface area contributed by atoms with Crippen molar-refractivity contribution in [2.45, 2.75) is 25.4 Å². The number of β-lactam (4-membered cyclic amide) rings is 1. The lowest BCUT2D eigenvalue weighted by Crippen LogP contribution is -2.57. The summed E-state index contributed by atoms with van der Waals surface area (Å²) in [6.07, 6.45) is 0.748. The summed E-state index contributed by atoms with van der Waals surface area (Å²) in [6.45, 7) is 2.01. The summed E-state index contributed by atoms with van der Waals surface area (Å²) in [5.74, 6) is -0.501. The molecule has 3 atom stereocenters. The molecule has 3 rings (SSSR count). The fourth-order valence-electron chi connectivity index (χ4n) is 3.46. The van der Waals surface area contributed by atoms with Crippen LogP contribution >= 0.6 is 0 Å². The third-order valence-corrected chi connectivity index (χ3v) is 4.65. The molecule has 0 aromatic heterocycles. The molecule has 0 N–H and O–H groups in total. The van der Waals surface area contributed by atoms with Crippen LogP contribution < -0.4 is 0 Å². The lowest BCUT2D eigenvalue weighted by Gasteiger charge is -2.50. The Balaban J connectivity index is 2.02. The van der Waals surface area contributed by atoms with Crippen molar-refractivity contribution in [1.82, 2.24) is 4.90 Å². The van der Waals surface area contributed by atoms with Gasteiger partial charge in [-0.25, -0.2) is 4.79 Å². The van der Waals surface area contributed by atoms with E-state index in [0.717, 1.165) is 17.5 Å². The van der Waals surface area contributed by atoms with E-state index in [-0.39, 0.29) is 17.9 Å². The number of ether oxygens (including phenoxy) is 1. The number of carbonyl (C=O) groups is 2. The average Bonchev–Trinajstić information content (AvgIpc) is 2.64. The van der Waals surface area contributed by atoms with Gasteiger partial charge in [0, 0.05) is 0 Å². The van der Waals surface area contributed by atoms with Crippen molar-refractivity contribution >= 4 is 11.9 Å². The molecule has 4 heteroatoms. The predicted molar refractivity (Wildman–Crippen MR) is 91.0 cm³/mol. The van der Waals surface area contributed by atoms with Crippen molar-refractivity contribution in [3.8, 4) is 0 Å². The van der Waals surface area contributed by atoms with Crippen molar-refractivity contribution in [3.63, 3.8) is 0 Å². The van der Waals surface area contributed by atoms with Crippen LogP contribution in [-0.4, -0.2) is 23.9 Å². The number of carbonyl (C=O) groups excluding carboxylic acids is 2. The van der Waals surface area contributed by atoms with E-state index in [9.17, 15) is 9.59 Å². The van der Waals surface area contributed by atoms with E-state index in [1.165, 1.54) is 7.11 Å². The van der Waals surface area contributed by atoms with Gasteiger partial charge < -0.3 is 9.64 Å². The van der Waals surface area contributed by atoms with Gasteiger partial charge in [-0.2, -0.15) is 0 Å². The van der Waals surface area contributed by atoms with Gasteiger partial charge in [-0.05, 0) is 17.5 Å². The first-order chi connectivity index (χ1) is 11.7. The molecule has 0 saturated carbocycles. The summed E-state index contributed by atoms with van der Waals surface area (Å²) in [4.78, 5) is 26.8. The highest BCUT2D eigenvalue weighted by atomic mass is 16.5. The largest absolute Gasteiger partial charge is 0.467 e. The first kappa shape index (κ1) is 16.2. The van der Waals surface area contributed by atoms with Crippen molar-refractivity contribution in [1.29, 1.82) is 0 Å². The quantitative estimate of drug-likeness (QED) is 0.625. The Morgan fingerprint density at radius 3 is 2.21 bits per heavy atom. The van der Waals surface area contributed by atoms with Gasteiger partial charge in [-0.15, -0.1) is 0 Å². The highest BCUT2D eigenvalue weighted by Crippen LogP contribution is 2.47. The fourth-order valence-corrected chi connectivity index (χ4v) is 3.46. The zero-order valence-corrected chi connectivity index (χ0v) is 13.9. The standard InChI is InChI=1S/C20H21NO3/c1-3-16-17(14-10-6-4-7-11-14)21(19(16)22)18(20(23)24-2)15-12-8-5-9-13-15/h4-13,16-18H,3H2,1-2H3/t16?,17?,18-/m1/s1. The molecular weight excluding hydrogens is 302 g/mol. The number of amides is 1. The Morgan fingerprint density at radius 1 is 1.08 bits per heavy atom. The first-order valence-electron chi connectivity index (χ1n) is 8.19. The van der Waals surface area contributed by atoms with Gasteiger partial charge >= 0.3 is 5.97 Å². The van der Waals surface area contributed by atoms with Crippen molar-refractivity contribution in [3.05, 3.63) is 71.8 Å². The minimum atomic E-state index is -0.711. The molecule has 2 aromatic rings. The molecule has 0 bridgehead atoms. The lowest BCUT2D eigenvalue weighted by molar-refractivity contribution is -0.172. The van der Waals surface area contributed by atoms with Gasteiger partial charge in [-0.1, -0.05) is 67.6 Å². The SMILES string of the molecule is CCC1C(=O)N([C@@H](C(=O)OC)c2ccccc2)C1c1ccccc1. The van der Waals surface area contributed by atoms with Crippen LogP contribution in [0, 0.1) is 5.92 Å². The third kappa shape index (κ3) is 2.68. The summed E-state index contributed by atoms with van der Waals surface area (Å²) in [7, 11) is 1.36. The molecule has 0 aliphatic carbocycles. The minimum Gasteiger partial charge on any atom is -0.467 e. The van der Waals surface area contributed by atoms with Crippen LogP contribution in [0.15, 0.2) is 60.7 Å². The highest BCUT2D eigenvalue weighted by Gasteiger charge is 2.52. The van der Waals surface area contributed by atoms with Crippen LogP contribution in [0.25, 0.3) is 0 Å². The third-order valence-electron chi connectivity index (χ3n) is 4.65. The van der Waals surface area contributed by atoms with Crippen molar-refractivity contribution < 1.29 is 14.3 Å². The summed E-state index contributed by atoms with van der Waals surface area (Å²) in [5.41, 5.74) is 1.82. The van der Waals surface area contributed by atoms with Crippen molar-refractivity contribution in [2.24, 2.45) is 5.92 Å². The maximum absolute atomic E-state index is 12.7. The van der Waals surface area contributed by atoms with Gasteiger partial charge in [0.15, 0.2) is 6.04 Å². The molecule has 1 aliphatic heterocycles. The van der Waals surface area contributed by atoms with Gasteiger partial charge in [0.1, 0.15) is 0 Å². The number of methoxy groups -OCH3 is 1. The van der Waals surface area contributed by atoms with E-state index in [2.05, 4.69) is 0 Å². The summed E-state index contributed by atoms with van der Waals surface area (Å²) >= 11 is 0. The maximum atomic E-state index is 12.7. The van der Waals surface area contributed by atoms with Gasteiger partial charge in [-0.3, -0.25) is 4.79 Å². The molecule has 1 aliphatic rings. The van der Waals surface area contributed by atoms with E-state index < -0.39 is 12.0 Å². The highest BCUT2D eigenvalue weighted by molar-refractivity contribution is 5.92. The van der Waals surface area contributed by atoms with Crippen LogP contribution in [0.4, 0.5) is 0 Å². The Hall–Kier alpha value is -2.62. The fraction of sp³-hybridized carbons (Fsp3) is 0.300. The predicted octanol–water partition coefficient (Wildman–Crippen LogP) is 3.51. The molecule has 124 valence electrons. The number of hydrogen-bond donors (Lipinski definition) is 0. The molecule has 24 heavy (non-hydrogen) atoms. The number of likely N-dealkylation sites (tertiary alicyclic amines) is 1. The Labute approximate surface area is 142 Å². The van der Waals surface area contributed by atoms with Gasteiger partial charge in [0.25, 0.3) is 0 Å². The number of benzene rings is 2. The summed E-state index contributed by atoms with van der Waals surface area (Å²) in [6, 6.07) is 18.4. The second-order valence-corrected chi connectivity index (χ2v) is 5.95. The Bertz CT molecular complexity index is 714. The van der Waals surface area contributed by atoms with Crippen LogP contribution in [0.3, 0.4) is 0 Å². The van der Waals surface area contributed by atoms with E-state index >= 15 is 0 Å². The Kier molecular flexibility index (Phi) is 4.65. The van der Waals surface area contributed by atoms with Crippen LogP contribution in [-0.2, 0) is 14.3 Å². The van der Waals surface area contributed by atoms with Gasteiger partial charge in [0.05, 0.1) is 19.1 Å². The summed E-state index contributed by atoms with van der Waals surface area (Å²) in [5, 5.41) is 0. The number of esters is 1. The molecule has 0 radical (unpaired) electrons. The zero-order chi connectivity index (χ0) is 17.1. The topological polar surface area (TPSA) is 46.6 Å². The van der Waals surface area contributed by atoms with E-state index in [0.29, 0.717) is 0 Å². The number of rotatable bonds is 5. The van der Waals surface area contributed by atoms with E-state index in [4.69, 9.17) is 4.74 Å². The van der Waals surface area contributed by atoms with Crippen LogP contribution in [0.5, 0.6) is 0 Å². The maximum Gasteiger partial charge on any atom is 0.333 e. The zero-order valence-electron chi connectivity index (χ0n) is 13.9. The second kappa shape index (κ2) is 6.87. The Morgan fingerprint density at radius 2 is 1.67 bits per heavy atom. The smallest absolute Gasteiger partial charge is 0.333 e. The molecule has 1 heterocycles. The molecular formula is C20H21NO3.